The first-order valence-corrected chi connectivity index (χ1v) is 2.89. The predicted molar refractivity (Wildman–Crippen MR) is 41.4 cm³/mol. The summed E-state index contributed by atoms with van der Waals surface area (Å²) >= 11 is 0. The molecule has 0 aliphatic rings. The fourth-order valence-electron chi connectivity index (χ4n) is 0.122. The number of ketones is 1. The van der Waals surface area contributed by atoms with Gasteiger partial charge >= 0.3 is 0 Å². The standard InChI is InChI=1S/C4H7NO.C3H6O/c1-2-3-4-5-6;1-3(2)4/h2,4,6H,1,3H2;1-2H3. The molecule has 3 heteroatoms. The van der Waals surface area contributed by atoms with Crippen LogP contribution in [0.15, 0.2) is 17.8 Å². The van der Waals surface area contributed by atoms with Crippen LogP contribution in [-0.2, 0) is 4.79 Å². The summed E-state index contributed by atoms with van der Waals surface area (Å²) in [5, 5.41) is 10.4. The molecule has 0 rings (SSSR count). The lowest BCUT2D eigenvalue weighted by atomic mass is 10.5. The lowest BCUT2D eigenvalue weighted by Crippen LogP contribution is -1.69. The van der Waals surface area contributed by atoms with Gasteiger partial charge in [0.05, 0.1) is 0 Å². The van der Waals surface area contributed by atoms with Gasteiger partial charge in [0.15, 0.2) is 0 Å². The Morgan fingerprint density at radius 3 is 2.20 bits per heavy atom. The molecular formula is C7H13NO2. The molecule has 1 N–H and O–H groups in total. The molecule has 0 aliphatic carbocycles. The van der Waals surface area contributed by atoms with E-state index >= 15 is 0 Å². The van der Waals surface area contributed by atoms with Gasteiger partial charge in [-0.1, -0.05) is 6.08 Å². The van der Waals surface area contributed by atoms with Gasteiger partial charge < -0.3 is 10.0 Å². The van der Waals surface area contributed by atoms with Crippen LogP contribution in [0, 0.1) is 0 Å². The number of carbonyl (C=O) groups is 1. The van der Waals surface area contributed by atoms with Crippen LogP contribution in [0.3, 0.4) is 0 Å². The molecule has 0 saturated heterocycles. The molecule has 0 unspecified atom stereocenters. The average Bonchev–Trinajstić information content (AvgIpc) is 1.82. The lowest BCUT2D eigenvalue weighted by molar-refractivity contribution is -0.114. The summed E-state index contributed by atoms with van der Waals surface area (Å²) in [7, 11) is 0. The molecule has 0 saturated carbocycles. The zero-order chi connectivity index (χ0) is 8.41. The van der Waals surface area contributed by atoms with Crippen molar-refractivity contribution < 1.29 is 10.0 Å². The third-order valence-corrected chi connectivity index (χ3v) is 0.354. The summed E-state index contributed by atoms with van der Waals surface area (Å²) in [6, 6.07) is 0. The first-order valence-electron chi connectivity index (χ1n) is 2.89. The minimum Gasteiger partial charge on any atom is -0.411 e. The fraction of sp³-hybridized carbons (Fsp3) is 0.429. The van der Waals surface area contributed by atoms with Gasteiger partial charge in [-0.3, -0.25) is 0 Å². The Labute approximate surface area is 61.1 Å². The predicted octanol–water partition coefficient (Wildman–Crippen LogP) is 1.62. The first kappa shape index (κ1) is 11.6. The van der Waals surface area contributed by atoms with Crippen LogP contribution in [0.25, 0.3) is 0 Å². The zero-order valence-corrected chi connectivity index (χ0v) is 6.37. The largest absolute Gasteiger partial charge is 0.411 e. The highest BCUT2D eigenvalue weighted by atomic mass is 16.4. The van der Waals surface area contributed by atoms with Crippen molar-refractivity contribution in [1.29, 1.82) is 0 Å². The molecular weight excluding hydrogens is 130 g/mol. The Morgan fingerprint density at radius 2 is 2.10 bits per heavy atom. The number of allylic oxidation sites excluding steroid dienone is 1. The topological polar surface area (TPSA) is 49.7 Å². The van der Waals surface area contributed by atoms with E-state index in [0.717, 1.165) is 0 Å². The van der Waals surface area contributed by atoms with Crippen LogP contribution in [0.1, 0.15) is 20.3 Å². The second-order valence-electron chi connectivity index (χ2n) is 1.73. The molecule has 10 heavy (non-hydrogen) atoms. The van der Waals surface area contributed by atoms with Crippen molar-refractivity contribution in [2.24, 2.45) is 5.16 Å². The van der Waals surface area contributed by atoms with E-state index in [0.29, 0.717) is 6.42 Å². The van der Waals surface area contributed by atoms with Crippen LogP contribution < -0.4 is 0 Å². The van der Waals surface area contributed by atoms with Gasteiger partial charge in [0.2, 0.25) is 0 Å². The molecule has 0 aromatic carbocycles. The molecule has 0 atom stereocenters. The van der Waals surface area contributed by atoms with Gasteiger partial charge in [-0.15, -0.1) is 11.7 Å². The number of carbonyl (C=O) groups excluding carboxylic acids is 1. The van der Waals surface area contributed by atoms with Crippen LogP contribution in [0.4, 0.5) is 0 Å². The normalized spacial score (nSPS) is 8.20. The third-order valence-electron chi connectivity index (χ3n) is 0.354. The van der Waals surface area contributed by atoms with Gasteiger partial charge in [-0.05, 0) is 13.8 Å². The Bertz CT molecular complexity index is 115. The van der Waals surface area contributed by atoms with Crippen molar-refractivity contribution in [2.75, 3.05) is 0 Å². The number of hydrogen-bond acceptors (Lipinski definition) is 3. The minimum absolute atomic E-state index is 0.167. The number of hydrogen-bond donors (Lipinski definition) is 1. The van der Waals surface area contributed by atoms with E-state index < -0.39 is 0 Å². The summed E-state index contributed by atoms with van der Waals surface area (Å²) in [6.07, 6.45) is 3.66. The van der Waals surface area contributed by atoms with Gasteiger partial charge in [-0.2, -0.15) is 0 Å². The second kappa shape index (κ2) is 10.8. The highest BCUT2D eigenvalue weighted by Gasteiger charge is 1.62. The maximum absolute atomic E-state index is 9.44. The molecule has 0 heterocycles. The summed E-state index contributed by atoms with van der Waals surface area (Å²) in [4.78, 5) is 9.44. The van der Waals surface area contributed by atoms with Crippen LogP contribution in [0.5, 0.6) is 0 Å². The smallest absolute Gasteiger partial charge is 0.126 e. The van der Waals surface area contributed by atoms with E-state index in [9.17, 15) is 4.79 Å². The van der Waals surface area contributed by atoms with Crippen molar-refractivity contribution in [2.45, 2.75) is 20.3 Å². The molecule has 0 fully saturated rings. The Hall–Kier alpha value is -1.12. The Morgan fingerprint density at radius 1 is 1.70 bits per heavy atom. The monoisotopic (exact) mass is 143 g/mol. The number of oxime groups is 1. The molecule has 0 amide bonds. The van der Waals surface area contributed by atoms with Gasteiger partial charge in [0.1, 0.15) is 5.78 Å². The maximum Gasteiger partial charge on any atom is 0.126 e. The highest BCUT2D eigenvalue weighted by molar-refractivity contribution is 5.72. The lowest BCUT2D eigenvalue weighted by Gasteiger charge is -1.68. The van der Waals surface area contributed by atoms with E-state index in [-0.39, 0.29) is 5.78 Å². The Balaban J connectivity index is 0. The van der Waals surface area contributed by atoms with E-state index in [1.54, 1.807) is 6.08 Å². The van der Waals surface area contributed by atoms with Gasteiger partial charge in [-0.25, -0.2) is 0 Å². The molecule has 3 nitrogen and oxygen atoms in total. The fourth-order valence-corrected chi connectivity index (χ4v) is 0.122. The number of Topliss-reactive ketones (excluding diaryl/α,β-unsaturated/α-hetero) is 1. The van der Waals surface area contributed by atoms with Crippen molar-refractivity contribution in [1.82, 2.24) is 0 Å². The average molecular weight is 143 g/mol. The van der Waals surface area contributed by atoms with Crippen molar-refractivity contribution in [3.63, 3.8) is 0 Å². The quantitative estimate of drug-likeness (QED) is 0.276. The third kappa shape index (κ3) is 67.3. The molecule has 0 radical (unpaired) electrons. The van der Waals surface area contributed by atoms with Crippen molar-refractivity contribution in [3.8, 4) is 0 Å². The Kier molecular flexibility index (Phi) is 12.6. The summed E-state index contributed by atoms with van der Waals surface area (Å²) in [6.45, 7) is 6.45. The zero-order valence-electron chi connectivity index (χ0n) is 6.37. The second-order valence-corrected chi connectivity index (χ2v) is 1.73. The van der Waals surface area contributed by atoms with Crippen molar-refractivity contribution in [3.05, 3.63) is 12.7 Å². The van der Waals surface area contributed by atoms with E-state index in [4.69, 9.17) is 5.21 Å². The molecule has 0 bridgehead atoms. The molecule has 0 aromatic heterocycles. The summed E-state index contributed by atoms with van der Waals surface area (Å²) in [5.41, 5.74) is 0. The van der Waals surface area contributed by atoms with E-state index in [2.05, 4.69) is 11.7 Å². The maximum atomic E-state index is 9.44. The van der Waals surface area contributed by atoms with E-state index in [1.807, 2.05) is 0 Å². The number of rotatable bonds is 2. The molecule has 0 aliphatic heterocycles. The number of nitrogens with zero attached hydrogens (tertiary/aromatic N) is 1. The van der Waals surface area contributed by atoms with Crippen LogP contribution >= 0.6 is 0 Å². The van der Waals surface area contributed by atoms with Gasteiger partial charge in [0.25, 0.3) is 0 Å². The summed E-state index contributed by atoms with van der Waals surface area (Å²) < 4.78 is 0. The van der Waals surface area contributed by atoms with Crippen molar-refractivity contribution >= 4 is 12.0 Å². The van der Waals surface area contributed by atoms with Gasteiger partial charge in [0, 0.05) is 12.6 Å². The SMILES string of the molecule is C=CCC=NO.CC(C)=O. The van der Waals surface area contributed by atoms with Crippen LogP contribution in [0.2, 0.25) is 0 Å². The van der Waals surface area contributed by atoms with E-state index in [1.165, 1.54) is 20.1 Å². The minimum atomic E-state index is 0.167. The highest BCUT2D eigenvalue weighted by Crippen LogP contribution is 1.68. The molecule has 0 spiro atoms. The first-order chi connectivity index (χ1) is 4.65. The van der Waals surface area contributed by atoms with Crippen LogP contribution in [-0.4, -0.2) is 17.2 Å². The molecule has 0 aromatic rings. The summed E-state index contributed by atoms with van der Waals surface area (Å²) in [5.74, 6) is 0.167. The molecule has 58 valence electrons.